The smallest absolute Gasteiger partial charge is 0.408 e. The number of alkyl carbamates (subject to hydrolysis) is 1. The zero-order valence-corrected chi connectivity index (χ0v) is 21.5. The van der Waals surface area contributed by atoms with E-state index in [0.717, 1.165) is 19.3 Å². The summed E-state index contributed by atoms with van der Waals surface area (Å²) in [5.74, 6) is -2.40. The molecule has 1 heterocycles. The molecule has 11 heteroatoms. The first-order valence-electron chi connectivity index (χ1n) is 11.7. The fourth-order valence-electron chi connectivity index (χ4n) is 4.21. The van der Waals surface area contributed by atoms with Crippen molar-refractivity contribution in [1.82, 2.24) is 20.6 Å². The van der Waals surface area contributed by atoms with Gasteiger partial charge in [-0.2, -0.15) is 0 Å². The fraction of sp³-hybridized carbons (Fsp3) is 0.696. The van der Waals surface area contributed by atoms with Crippen molar-refractivity contribution in [3.05, 3.63) is 12.7 Å². The molecule has 1 aliphatic heterocycles. The molecule has 0 aromatic heterocycles. The number of carbonyl (C=O) groups excluding carboxylic acids is 5. The first-order chi connectivity index (χ1) is 15.9. The maximum absolute atomic E-state index is 13.3. The molecule has 4 amide bonds. The standard InChI is InChI=1S/C23H37N4O6P/c1-6-15(25-22(32)33-23(3,4)5)21(31)27-11-10-13(2)17(27)19(29)24-16(12-14-8-7-9-14)18(28)20(30)26-34/h6,13-17H,1,7-12,34H2,2-5H3,(H,24,29)(H,25,32)(H,26,30)/t13-,15-,16?,17-/m0/s1. The number of Topliss-reactive ketones (excluding diaryl/α,β-unsaturated/α-hetero) is 1. The van der Waals surface area contributed by atoms with Crippen LogP contribution in [0.3, 0.4) is 0 Å². The number of nitrogens with zero attached hydrogens (tertiary/aromatic N) is 1. The summed E-state index contributed by atoms with van der Waals surface area (Å²) in [6, 6.07) is -2.88. The van der Waals surface area contributed by atoms with Crippen LogP contribution in [-0.2, 0) is 23.9 Å². The van der Waals surface area contributed by atoms with Crippen LogP contribution in [0.5, 0.6) is 0 Å². The average Bonchev–Trinajstić information content (AvgIpc) is 3.11. The molecule has 1 saturated heterocycles. The van der Waals surface area contributed by atoms with E-state index in [1.54, 1.807) is 20.8 Å². The molecule has 1 aliphatic carbocycles. The Morgan fingerprint density at radius 1 is 1.15 bits per heavy atom. The molecular formula is C23H37N4O6P. The van der Waals surface area contributed by atoms with E-state index < -0.39 is 53.3 Å². The summed E-state index contributed by atoms with van der Waals surface area (Å²) < 4.78 is 5.22. The normalized spacial score (nSPS) is 22.1. The lowest BCUT2D eigenvalue weighted by atomic mass is 9.80. The van der Waals surface area contributed by atoms with E-state index in [1.807, 2.05) is 16.3 Å². The van der Waals surface area contributed by atoms with Gasteiger partial charge in [0.1, 0.15) is 17.7 Å². The predicted molar refractivity (Wildman–Crippen MR) is 129 cm³/mol. The zero-order valence-electron chi connectivity index (χ0n) is 20.4. The van der Waals surface area contributed by atoms with Crippen molar-refractivity contribution in [1.29, 1.82) is 0 Å². The Kier molecular flexibility index (Phi) is 9.62. The molecule has 10 nitrogen and oxygen atoms in total. The molecule has 3 N–H and O–H groups in total. The molecular weight excluding hydrogens is 459 g/mol. The van der Waals surface area contributed by atoms with Gasteiger partial charge in [-0.25, -0.2) is 4.79 Å². The van der Waals surface area contributed by atoms with Gasteiger partial charge in [0, 0.05) is 6.54 Å². The van der Waals surface area contributed by atoms with Gasteiger partial charge in [-0.05, 0) is 54.8 Å². The van der Waals surface area contributed by atoms with Crippen LogP contribution in [0.1, 0.15) is 59.8 Å². The van der Waals surface area contributed by atoms with E-state index >= 15 is 0 Å². The average molecular weight is 497 g/mol. The minimum Gasteiger partial charge on any atom is -0.444 e. The highest BCUT2D eigenvalue weighted by Gasteiger charge is 2.43. The number of hydrogen-bond donors (Lipinski definition) is 3. The Morgan fingerprint density at radius 2 is 1.79 bits per heavy atom. The Bertz CT molecular complexity index is 823. The van der Waals surface area contributed by atoms with Crippen LogP contribution in [0, 0.1) is 11.8 Å². The zero-order chi connectivity index (χ0) is 25.6. The third kappa shape index (κ3) is 7.26. The number of hydrogen-bond acceptors (Lipinski definition) is 6. The number of carbonyl (C=O) groups is 5. The lowest BCUT2D eigenvalue weighted by Gasteiger charge is -2.32. The summed E-state index contributed by atoms with van der Waals surface area (Å²) in [4.78, 5) is 64.6. The second-order valence-electron chi connectivity index (χ2n) is 10.0. The minimum absolute atomic E-state index is 0.175. The summed E-state index contributed by atoms with van der Waals surface area (Å²) in [6.45, 7) is 10.9. The molecule has 0 radical (unpaired) electrons. The SMILES string of the molecule is C=C[C@H](NC(=O)OC(C)(C)C)C(=O)N1CC[C@H](C)[C@H]1C(=O)NC(CC1CCC1)C(=O)C(=O)NP. The number of likely N-dealkylation sites (tertiary alicyclic amines) is 1. The van der Waals surface area contributed by atoms with Crippen LogP contribution >= 0.6 is 9.39 Å². The summed E-state index contributed by atoms with van der Waals surface area (Å²) in [5, 5.41) is 7.45. The number of amides is 4. The lowest BCUT2D eigenvalue weighted by molar-refractivity contribution is -0.142. The Labute approximate surface area is 203 Å². The van der Waals surface area contributed by atoms with Crippen molar-refractivity contribution >= 4 is 39.0 Å². The monoisotopic (exact) mass is 496 g/mol. The number of rotatable bonds is 9. The van der Waals surface area contributed by atoms with Gasteiger partial charge in [-0.1, -0.05) is 32.3 Å². The maximum Gasteiger partial charge on any atom is 0.408 e. The molecule has 2 aliphatic rings. The van der Waals surface area contributed by atoms with E-state index in [1.165, 1.54) is 11.0 Å². The van der Waals surface area contributed by atoms with Gasteiger partial charge >= 0.3 is 6.09 Å². The van der Waals surface area contributed by atoms with Crippen molar-refractivity contribution in [3.8, 4) is 0 Å². The van der Waals surface area contributed by atoms with E-state index in [9.17, 15) is 24.0 Å². The largest absolute Gasteiger partial charge is 0.444 e. The molecule has 34 heavy (non-hydrogen) atoms. The molecule has 2 unspecified atom stereocenters. The van der Waals surface area contributed by atoms with Crippen molar-refractivity contribution in [2.45, 2.75) is 83.5 Å². The minimum atomic E-state index is -1.08. The van der Waals surface area contributed by atoms with Gasteiger partial charge in [0.25, 0.3) is 5.91 Å². The third-order valence-electron chi connectivity index (χ3n) is 6.21. The van der Waals surface area contributed by atoms with Crippen LogP contribution in [0.25, 0.3) is 0 Å². The van der Waals surface area contributed by atoms with Gasteiger partial charge in [0.15, 0.2) is 0 Å². The van der Waals surface area contributed by atoms with Crippen LogP contribution in [0.15, 0.2) is 12.7 Å². The number of ketones is 1. The molecule has 2 fully saturated rings. The summed E-state index contributed by atoms with van der Waals surface area (Å²) in [7, 11) is 1.99. The quantitative estimate of drug-likeness (QED) is 0.251. The molecule has 0 aromatic carbocycles. The summed E-state index contributed by atoms with van der Waals surface area (Å²) in [5.41, 5.74) is -0.741. The van der Waals surface area contributed by atoms with Gasteiger partial charge in [-0.15, -0.1) is 6.58 Å². The predicted octanol–water partition coefficient (Wildman–Crippen LogP) is 1.45. The van der Waals surface area contributed by atoms with Gasteiger partial charge in [-0.3, -0.25) is 19.2 Å². The highest BCUT2D eigenvalue weighted by atomic mass is 31.0. The van der Waals surface area contributed by atoms with Gasteiger partial charge < -0.3 is 25.4 Å². The van der Waals surface area contributed by atoms with Crippen molar-refractivity contribution in [3.63, 3.8) is 0 Å². The van der Waals surface area contributed by atoms with Crippen molar-refractivity contribution < 1.29 is 28.7 Å². The molecule has 1 saturated carbocycles. The number of nitrogens with one attached hydrogen (secondary N) is 3. The summed E-state index contributed by atoms with van der Waals surface area (Å²) >= 11 is 0. The number of ether oxygens (including phenoxy) is 1. The lowest BCUT2D eigenvalue weighted by Crippen LogP contribution is -2.57. The maximum atomic E-state index is 13.3. The Balaban J connectivity index is 2.14. The van der Waals surface area contributed by atoms with Gasteiger partial charge in [0.05, 0.1) is 6.04 Å². The Morgan fingerprint density at radius 3 is 2.29 bits per heavy atom. The van der Waals surface area contributed by atoms with Gasteiger partial charge in [0.2, 0.25) is 17.6 Å². The van der Waals surface area contributed by atoms with Crippen LogP contribution in [-0.4, -0.2) is 64.8 Å². The van der Waals surface area contributed by atoms with E-state index in [2.05, 4.69) is 22.3 Å². The van der Waals surface area contributed by atoms with E-state index in [0.29, 0.717) is 19.4 Å². The molecule has 2 rings (SSSR count). The van der Waals surface area contributed by atoms with E-state index in [4.69, 9.17) is 4.74 Å². The second kappa shape index (κ2) is 11.8. The highest BCUT2D eigenvalue weighted by Crippen LogP contribution is 2.31. The molecule has 5 atom stereocenters. The summed E-state index contributed by atoms with van der Waals surface area (Å²) in [6.07, 6.45) is 4.43. The first-order valence-corrected chi connectivity index (χ1v) is 12.2. The second-order valence-corrected chi connectivity index (χ2v) is 10.3. The fourth-order valence-corrected chi connectivity index (χ4v) is 4.35. The highest BCUT2D eigenvalue weighted by molar-refractivity contribution is 7.15. The Hall–Kier alpha value is -2.48. The molecule has 0 aromatic rings. The molecule has 190 valence electrons. The van der Waals surface area contributed by atoms with E-state index in [-0.39, 0.29) is 11.8 Å². The van der Waals surface area contributed by atoms with Crippen LogP contribution in [0.4, 0.5) is 4.79 Å². The van der Waals surface area contributed by atoms with Crippen molar-refractivity contribution in [2.75, 3.05) is 6.54 Å². The van der Waals surface area contributed by atoms with Crippen molar-refractivity contribution in [2.24, 2.45) is 11.8 Å². The molecule has 0 spiro atoms. The molecule has 0 bridgehead atoms. The van der Waals surface area contributed by atoms with Crippen LogP contribution in [0.2, 0.25) is 0 Å². The third-order valence-corrected chi connectivity index (χ3v) is 6.47. The van der Waals surface area contributed by atoms with Crippen LogP contribution < -0.4 is 15.7 Å². The first kappa shape index (κ1) is 27.8. The topological polar surface area (TPSA) is 134 Å².